The van der Waals surface area contributed by atoms with E-state index in [0.29, 0.717) is 30.1 Å². The number of pyridine rings is 1. The number of aromatic nitrogens is 2. The molecular weight excluding hydrogens is 386 g/mol. The third kappa shape index (κ3) is 4.50. The summed E-state index contributed by atoms with van der Waals surface area (Å²) in [5.41, 5.74) is 14.2. The monoisotopic (exact) mass is 415 g/mol. The number of hydrogen-bond acceptors (Lipinski definition) is 7. The zero-order chi connectivity index (χ0) is 20.4. The number of carbonyl (C=O) groups is 1. The molecule has 0 spiro atoms. The van der Waals surface area contributed by atoms with Gasteiger partial charge in [0, 0.05) is 29.6 Å². The molecule has 2 fully saturated rings. The van der Waals surface area contributed by atoms with Crippen molar-refractivity contribution in [2.75, 3.05) is 5.32 Å². The molecule has 2 unspecified atom stereocenters. The lowest BCUT2D eigenvalue weighted by Crippen LogP contribution is -2.52. The van der Waals surface area contributed by atoms with E-state index < -0.39 is 6.10 Å². The Morgan fingerprint density at radius 2 is 1.86 bits per heavy atom. The van der Waals surface area contributed by atoms with Crippen molar-refractivity contribution >= 4 is 22.9 Å². The maximum atomic E-state index is 12.8. The molecule has 0 aliphatic heterocycles. The van der Waals surface area contributed by atoms with Crippen molar-refractivity contribution in [3.63, 3.8) is 0 Å². The predicted octanol–water partition coefficient (Wildman–Crippen LogP) is 2.73. The number of nitrogens with one attached hydrogen (secondary N) is 1. The first-order valence-electron chi connectivity index (χ1n) is 10.4. The Kier molecular flexibility index (Phi) is 6.24. The van der Waals surface area contributed by atoms with Crippen LogP contribution >= 0.6 is 11.3 Å². The standard InChI is InChI=1S/C21H29N5O2S/c22-15-8-13(9-16(23)19(15)27)14-6-7-24-10-17(14)25-20(28)18-11-29-21(26-18)12-4-2-1-3-5-12/h6-7,10-13,15-16,19,27H,1-5,8-9,22-23H2,(H,25,28)/t13?,15-,16+,19?. The molecule has 156 valence electrons. The molecule has 0 aromatic carbocycles. The molecule has 2 heterocycles. The summed E-state index contributed by atoms with van der Waals surface area (Å²) in [7, 11) is 0. The number of rotatable bonds is 4. The zero-order valence-electron chi connectivity index (χ0n) is 16.5. The van der Waals surface area contributed by atoms with Crippen molar-refractivity contribution in [1.29, 1.82) is 0 Å². The van der Waals surface area contributed by atoms with E-state index in [1.165, 1.54) is 19.3 Å². The summed E-state index contributed by atoms with van der Waals surface area (Å²) in [6.07, 6.45) is 10.0. The molecule has 4 atom stereocenters. The van der Waals surface area contributed by atoms with Gasteiger partial charge in [0.15, 0.2) is 0 Å². The van der Waals surface area contributed by atoms with Gasteiger partial charge in [-0.05, 0) is 43.2 Å². The summed E-state index contributed by atoms with van der Waals surface area (Å²) >= 11 is 1.58. The van der Waals surface area contributed by atoms with E-state index >= 15 is 0 Å². The van der Waals surface area contributed by atoms with E-state index in [1.807, 2.05) is 11.4 Å². The highest BCUT2D eigenvalue weighted by molar-refractivity contribution is 7.09. The van der Waals surface area contributed by atoms with Gasteiger partial charge in [0.05, 0.1) is 23.0 Å². The first-order valence-corrected chi connectivity index (χ1v) is 11.3. The second kappa shape index (κ2) is 8.87. The Balaban J connectivity index is 1.49. The van der Waals surface area contributed by atoms with E-state index in [0.717, 1.165) is 23.4 Å². The SMILES string of the molecule is N[C@@H]1CC(c2ccncc2NC(=O)c2csc(C3CCCCC3)n2)C[C@H](N)C1O. The minimum Gasteiger partial charge on any atom is -0.390 e. The molecule has 0 radical (unpaired) electrons. The Bertz CT molecular complexity index is 839. The minimum atomic E-state index is -0.695. The van der Waals surface area contributed by atoms with Gasteiger partial charge >= 0.3 is 0 Å². The van der Waals surface area contributed by atoms with E-state index in [4.69, 9.17) is 11.5 Å². The largest absolute Gasteiger partial charge is 0.390 e. The quantitative estimate of drug-likeness (QED) is 0.608. The average molecular weight is 416 g/mol. The van der Waals surface area contributed by atoms with Crippen LogP contribution < -0.4 is 16.8 Å². The molecule has 7 nitrogen and oxygen atoms in total. The van der Waals surface area contributed by atoms with Gasteiger partial charge in [0.25, 0.3) is 5.91 Å². The van der Waals surface area contributed by atoms with Crippen LogP contribution in [0.15, 0.2) is 23.8 Å². The molecule has 8 heteroatoms. The lowest BCUT2D eigenvalue weighted by Gasteiger charge is -2.36. The van der Waals surface area contributed by atoms with Gasteiger partial charge in [-0.25, -0.2) is 4.98 Å². The second-order valence-corrected chi connectivity index (χ2v) is 9.20. The summed E-state index contributed by atoms with van der Waals surface area (Å²) in [4.78, 5) is 21.6. The van der Waals surface area contributed by atoms with Gasteiger partial charge in [0.1, 0.15) is 5.69 Å². The lowest BCUT2D eigenvalue weighted by molar-refractivity contribution is 0.0800. The number of aliphatic hydroxyl groups is 1. The maximum absolute atomic E-state index is 12.8. The van der Waals surface area contributed by atoms with Crippen molar-refractivity contribution < 1.29 is 9.90 Å². The Morgan fingerprint density at radius 1 is 1.14 bits per heavy atom. The maximum Gasteiger partial charge on any atom is 0.275 e. The molecule has 2 aromatic heterocycles. The molecule has 2 aliphatic rings. The molecule has 0 saturated heterocycles. The van der Waals surface area contributed by atoms with Gasteiger partial charge in [-0.2, -0.15) is 0 Å². The van der Waals surface area contributed by atoms with Crippen molar-refractivity contribution in [2.24, 2.45) is 11.5 Å². The third-order valence-corrected chi connectivity index (χ3v) is 7.25. The first kappa shape index (κ1) is 20.4. The molecule has 1 amide bonds. The lowest BCUT2D eigenvalue weighted by atomic mass is 9.77. The molecule has 2 aliphatic carbocycles. The Labute approximate surface area is 174 Å². The van der Waals surface area contributed by atoms with E-state index in [9.17, 15) is 9.90 Å². The van der Waals surface area contributed by atoms with Gasteiger partial charge < -0.3 is 21.9 Å². The molecular formula is C21H29N5O2S. The fourth-order valence-corrected chi connectivity index (χ4v) is 5.56. The summed E-state index contributed by atoms with van der Waals surface area (Å²) in [5.74, 6) is 0.331. The van der Waals surface area contributed by atoms with Gasteiger partial charge in [-0.1, -0.05) is 19.3 Å². The van der Waals surface area contributed by atoms with Crippen LogP contribution in [0.2, 0.25) is 0 Å². The second-order valence-electron chi connectivity index (χ2n) is 8.31. The fraction of sp³-hybridized carbons (Fsp3) is 0.571. The first-order chi connectivity index (χ1) is 14.0. The van der Waals surface area contributed by atoms with E-state index in [2.05, 4.69) is 15.3 Å². The van der Waals surface area contributed by atoms with Crippen LogP contribution in [-0.4, -0.2) is 39.2 Å². The molecule has 2 saturated carbocycles. The molecule has 2 aromatic rings. The van der Waals surface area contributed by atoms with E-state index in [-0.39, 0.29) is 23.9 Å². The van der Waals surface area contributed by atoms with E-state index in [1.54, 1.807) is 23.7 Å². The molecule has 4 rings (SSSR count). The zero-order valence-corrected chi connectivity index (χ0v) is 17.3. The fourth-order valence-electron chi connectivity index (χ4n) is 4.58. The van der Waals surface area contributed by atoms with Crippen LogP contribution in [0.4, 0.5) is 5.69 Å². The number of thiazole rings is 1. The number of hydrogen-bond donors (Lipinski definition) is 4. The summed E-state index contributed by atoms with van der Waals surface area (Å²) in [6, 6.07) is 1.14. The van der Waals surface area contributed by atoms with Crippen molar-refractivity contribution in [3.05, 3.63) is 40.1 Å². The van der Waals surface area contributed by atoms with Crippen molar-refractivity contribution in [2.45, 2.75) is 75.0 Å². The number of aliphatic hydroxyl groups excluding tert-OH is 1. The number of nitrogens with zero attached hydrogens (tertiary/aromatic N) is 2. The number of anilines is 1. The summed E-state index contributed by atoms with van der Waals surface area (Å²) in [5, 5.41) is 15.9. The van der Waals surface area contributed by atoms with Crippen LogP contribution in [0.3, 0.4) is 0 Å². The Hall–Kier alpha value is -1.87. The highest BCUT2D eigenvalue weighted by Crippen LogP contribution is 2.36. The smallest absolute Gasteiger partial charge is 0.275 e. The topological polar surface area (TPSA) is 127 Å². The summed E-state index contributed by atoms with van der Waals surface area (Å²) in [6.45, 7) is 0. The van der Waals surface area contributed by atoms with Crippen molar-refractivity contribution in [3.8, 4) is 0 Å². The van der Waals surface area contributed by atoms with Crippen LogP contribution in [0.1, 0.15) is 77.8 Å². The number of nitrogens with two attached hydrogens (primary N) is 2. The molecule has 29 heavy (non-hydrogen) atoms. The van der Waals surface area contributed by atoms with Crippen LogP contribution in [0.5, 0.6) is 0 Å². The van der Waals surface area contributed by atoms with Crippen LogP contribution in [0, 0.1) is 0 Å². The number of carbonyl (C=O) groups excluding carboxylic acids is 1. The average Bonchev–Trinajstić information content (AvgIpc) is 3.23. The minimum absolute atomic E-state index is 0.0648. The van der Waals surface area contributed by atoms with Crippen molar-refractivity contribution in [1.82, 2.24) is 9.97 Å². The molecule has 0 bridgehead atoms. The highest BCUT2D eigenvalue weighted by atomic mass is 32.1. The third-order valence-electron chi connectivity index (χ3n) is 6.24. The van der Waals surface area contributed by atoms with Gasteiger partial charge in [-0.15, -0.1) is 11.3 Å². The highest BCUT2D eigenvalue weighted by Gasteiger charge is 2.34. The summed E-state index contributed by atoms with van der Waals surface area (Å²) < 4.78 is 0. The van der Waals surface area contributed by atoms with Crippen LogP contribution in [0.25, 0.3) is 0 Å². The van der Waals surface area contributed by atoms with Gasteiger partial charge in [0.2, 0.25) is 0 Å². The van der Waals surface area contributed by atoms with Gasteiger partial charge in [-0.3, -0.25) is 9.78 Å². The van der Waals surface area contributed by atoms with Crippen LogP contribution in [-0.2, 0) is 0 Å². The normalized spacial score (nSPS) is 28.2. The molecule has 6 N–H and O–H groups in total. The number of amides is 1. The Morgan fingerprint density at radius 3 is 2.59 bits per heavy atom. The predicted molar refractivity (Wildman–Crippen MR) is 114 cm³/mol.